The molecule has 0 aliphatic heterocycles. The lowest BCUT2D eigenvalue weighted by molar-refractivity contribution is -0.128. The van der Waals surface area contributed by atoms with Crippen molar-refractivity contribution < 1.29 is 4.79 Å². The Morgan fingerprint density at radius 3 is 2.63 bits per heavy atom. The summed E-state index contributed by atoms with van der Waals surface area (Å²) in [6.45, 7) is 12.0. The van der Waals surface area contributed by atoms with Gasteiger partial charge >= 0.3 is 0 Å². The van der Waals surface area contributed by atoms with Gasteiger partial charge in [-0.2, -0.15) is 0 Å². The van der Waals surface area contributed by atoms with Crippen molar-refractivity contribution in [2.24, 2.45) is 11.8 Å². The first-order valence-corrected chi connectivity index (χ1v) is 7.48. The molecule has 0 saturated heterocycles. The number of allylic oxidation sites excluding steroid dienone is 3. The summed E-state index contributed by atoms with van der Waals surface area (Å²) in [6, 6.07) is 0. The molecule has 0 heterocycles. The minimum absolute atomic E-state index is 0.178. The summed E-state index contributed by atoms with van der Waals surface area (Å²) in [6.07, 6.45) is 8.26. The molecule has 2 heteroatoms. The molecule has 1 amide bonds. The number of carbonyl (C=O) groups is 1. The molecule has 108 valence electrons. The zero-order chi connectivity index (χ0) is 14.4. The number of hydrogen-bond donors (Lipinski definition) is 0. The summed E-state index contributed by atoms with van der Waals surface area (Å²) in [5.41, 5.74) is 2.97. The van der Waals surface area contributed by atoms with Crippen molar-refractivity contribution >= 4 is 5.91 Å². The van der Waals surface area contributed by atoms with Crippen LogP contribution < -0.4 is 0 Å². The van der Waals surface area contributed by atoms with E-state index in [9.17, 15) is 4.79 Å². The van der Waals surface area contributed by atoms with E-state index in [1.807, 2.05) is 4.90 Å². The highest BCUT2D eigenvalue weighted by Crippen LogP contribution is 2.28. The van der Waals surface area contributed by atoms with Gasteiger partial charge in [0.05, 0.1) is 0 Å². The normalized spacial score (nSPS) is 20.4. The second-order valence-electron chi connectivity index (χ2n) is 6.29. The summed E-state index contributed by atoms with van der Waals surface area (Å²) in [5.74, 6) is 1.38. The second kappa shape index (κ2) is 7.52. The van der Waals surface area contributed by atoms with E-state index in [1.54, 1.807) is 6.92 Å². The van der Waals surface area contributed by atoms with Crippen molar-refractivity contribution in [3.8, 4) is 0 Å². The minimum atomic E-state index is 0.178. The van der Waals surface area contributed by atoms with Crippen LogP contribution in [0.15, 0.2) is 23.3 Å². The molecular formula is C17H29NO. The summed E-state index contributed by atoms with van der Waals surface area (Å²) in [7, 11) is 0. The van der Waals surface area contributed by atoms with Crippen LogP contribution in [0.25, 0.3) is 0 Å². The predicted molar refractivity (Wildman–Crippen MR) is 81.9 cm³/mol. The van der Waals surface area contributed by atoms with Crippen LogP contribution in [-0.4, -0.2) is 23.9 Å². The zero-order valence-electron chi connectivity index (χ0n) is 13.2. The fourth-order valence-corrected chi connectivity index (χ4v) is 2.57. The van der Waals surface area contributed by atoms with E-state index in [0.717, 1.165) is 13.1 Å². The molecule has 1 aliphatic carbocycles. The second-order valence-corrected chi connectivity index (χ2v) is 6.29. The summed E-state index contributed by atoms with van der Waals surface area (Å²) < 4.78 is 0. The van der Waals surface area contributed by atoms with Crippen LogP contribution in [0, 0.1) is 11.8 Å². The summed E-state index contributed by atoms with van der Waals surface area (Å²) in [5, 5.41) is 0. The van der Waals surface area contributed by atoms with Crippen LogP contribution in [0.2, 0.25) is 0 Å². The smallest absolute Gasteiger partial charge is 0.219 e. The van der Waals surface area contributed by atoms with Gasteiger partial charge in [0.2, 0.25) is 5.91 Å². The topological polar surface area (TPSA) is 20.3 Å². The first-order valence-electron chi connectivity index (χ1n) is 7.48. The average Bonchev–Trinajstić information content (AvgIpc) is 2.34. The van der Waals surface area contributed by atoms with Crippen molar-refractivity contribution in [1.82, 2.24) is 4.90 Å². The van der Waals surface area contributed by atoms with E-state index in [2.05, 4.69) is 39.8 Å². The third-order valence-electron chi connectivity index (χ3n) is 3.95. The SMILES string of the molecule is CC(=O)N(CC=C(C)C1CC=C(C)CC1)CC(C)C. The molecule has 0 aromatic heterocycles. The van der Waals surface area contributed by atoms with Crippen LogP contribution in [0.1, 0.15) is 53.9 Å². The molecule has 0 saturated carbocycles. The Morgan fingerprint density at radius 2 is 2.16 bits per heavy atom. The Bertz CT molecular complexity index is 365. The van der Waals surface area contributed by atoms with Gasteiger partial charge in [0.1, 0.15) is 0 Å². The van der Waals surface area contributed by atoms with Crippen LogP contribution in [0.3, 0.4) is 0 Å². The molecular weight excluding hydrogens is 234 g/mol. The fraction of sp³-hybridized carbons (Fsp3) is 0.706. The van der Waals surface area contributed by atoms with Gasteiger partial charge in [-0.05, 0) is 44.9 Å². The quantitative estimate of drug-likeness (QED) is 0.681. The molecule has 0 aromatic rings. The standard InChI is InChI=1S/C17H29NO/c1-13(2)12-18(16(5)19)11-10-15(4)17-8-6-14(3)7-9-17/h6,10,13,17H,7-9,11-12H2,1-5H3. The maximum absolute atomic E-state index is 11.6. The molecule has 0 fully saturated rings. The van der Waals surface area contributed by atoms with E-state index in [4.69, 9.17) is 0 Å². The summed E-state index contributed by atoms with van der Waals surface area (Å²) >= 11 is 0. The number of amides is 1. The molecule has 2 nitrogen and oxygen atoms in total. The maximum atomic E-state index is 11.6. The van der Waals surface area contributed by atoms with Crippen molar-refractivity contribution in [1.29, 1.82) is 0 Å². The lowest BCUT2D eigenvalue weighted by atomic mass is 9.85. The third kappa shape index (κ3) is 5.63. The molecule has 0 bridgehead atoms. The van der Waals surface area contributed by atoms with Crippen molar-refractivity contribution in [2.75, 3.05) is 13.1 Å². The minimum Gasteiger partial charge on any atom is -0.339 e. The van der Waals surface area contributed by atoms with Gasteiger partial charge in [0.25, 0.3) is 0 Å². The molecule has 0 N–H and O–H groups in total. The Hall–Kier alpha value is -1.05. The van der Waals surface area contributed by atoms with Gasteiger partial charge in [-0.15, -0.1) is 0 Å². The molecule has 0 radical (unpaired) electrons. The van der Waals surface area contributed by atoms with Crippen molar-refractivity contribution in [2.45, 2.75) is 53.9 Å². The van der Waals surface area contributed by atoms with Crippen molar-refractivity contribution in [3.05, 3.63) is 23.3 Å². The molecule has 1 unspecified atom stereocenters. The highest BCUT2D eigenvalue weighted by molar-refractivity contribution is 5.73. The van der Waals surface area contributed by atoms with Crippen molar-refractivity contribution in [3.63, 3.8) is 0 Å². The first kappa shape index (κ1) is 16.0. The van der Waals surface area contributed by atoms with Gasteiger partial charge in [-0.25, -0.2) is 0 Å². The van der Waals surface area contributed by atoms with E-state index in [-0.39, 0.29) is 5.91 Å². The highest BCUT2D eigenvalue weighted by atomic mass is 16.2. The Labute approximate surface area is 118 Å². The van der Waals surface area contributed by atoms with Gasteiger partial charge < -0.3 is 4.90 Å². The maximum Gasteiger partial charge on any atom is 0.219 e. The van der Waals surface area contributed by atoms with Crippen LogP contribution in [-0.2, 0) is 4.79 Å². The number of carbonyl (C=O) groups excluding carboxylic acids is 1. The van der Waals surface area contributed by atoms with Gasteiger partial charge in [-0.1, -0.05) is 37.1 Å². The molecule has 19 heavy (non-hydrogen) atoms. The molecule has 1 atom stereocenters. The van der Waals surface area contributed by atoms with E-state index < -0.39 is 0 Å². The van der Waals surface area contributed by atoms with Crippen LogP contribution in [0.5, 0.6) is 0 Å². The molecule has 1 rings (SSSR count). The monoisotopic (exact) mass is 263 g/mol. The lowest BCUT2D eigenvalue weighted by Crippen LogP contribution is -2.32. The van der Waals surface area contributed by atoms with E-state index >= 15 is 0 Å². The number of hydrogen-bond acceptors (Lipinski definition) is 1. The highest BCUT2D eigenvalue weighted by Gasteiger charge is 2.15. The fourth-order valence-electron chi connectivity index (χ4n) is 2.57. The Kier molecular flexibility index (Phi) is 6.33. The average molecular weight is 263 g/mol. The van der Waals surface area contributed by atoms with Crippen LogP contribution >= 0.6 is 0 Å². The largest absolute Gasteiger partial charge is 0.339 e. The van der Waals surface area contributed by atoms with E-state index in [0.29, 0.717) is 11.8 Å². The number of rotatable bonds is 5. The first-order chi connectivity index (χ1) is 8.90. The predicted octanol–water partition coefficient (Wildman–Crippen LogP) is 4.18. The zero-order valence-corrected chi connectivity index (χ0v) is 13.2. The molecule has 0 spiro atoms. The lowest BCUT2D eigenvalue weighted by Gasteiger charge is -2.24. The van der Waals surface area contributed by atoms with E-state index in [1.165, 1.54) is 30.4 Å². The Morgan fingerprint density at radius 1 is 1.47 bits per heavy atom. The summed E-state index contributed by atoms with van der Waals surface area (Å²) in [4.78, 5) is 13.5. The molecule has 1 aliphatic rings. The van der Waals surface area contributed by atoms with Gasteiger partial charge in [0, 0.05) is 20.0 Å². The number of nitrogens with zero attached hydrogens (tertiary/aromatic N) is 1. The van der Waals surface area contributed by atoms with Crippen LogP contribution in [0.4, 0.5) is 0 Å². The van der Waals surface area contributed by atoms with Gasteiger partial charge in [0.15, 0.2) is 0 Å². The third-order valence-corrected chi connectivity index (χ3v) is 3.95. The molecule has 0 aromatic carbocycles. The Balaban J connectivity index is 2.55. The van der Waals surface area contributed by atoms with Gasteiger partial charge in [-0.3, -0.25) is 4.79 Å².